The van der Waals surface area contributed by atoms with Gasteiger partial charge in [-0.1, -0.05) is 0 Å². The maximum Gasteiger partial charge on any atom is 0.323 e. The Morgan fingerprint density at radius 3 is 2.50 bits per heavy atom. The first kappa shape index (κ1) is 14.4. The number of hydrogen-bond donors (Lipinski definition) is 3. The van der Waals surface area contributed by atoms with E-state index in [9.17, 15) is 24.0 Å². The lowest BCUT2D eigenvalue weighted by Crippen LogP contribution is -2.62. The van der Waals surface area contributed by atoms with E-state index in [1.165, 1.54) is 19.1 Å². The second-order valence-corrected chi connectivity index (χ2v) is 6.09. The number of carbonyl (C=O) groups is 4. The number of imidazole rings is 1. The fraction of sp³-hybridized carbons (Fsp3) is 0.267. The van der Waals surface area contributed by atoms with E-state index in [2.05, 4.69) is 15.3 Å². The molecule has 0 aliphatic carbocycles. The lowest BCUT2D eigenvalue weighted by atomic mass is 9.89. The first-order valence-corrected chi connectivity index (χ1v) is 7.31. The topological polar surface area (TPSA) is 132 Å². The quantitative estimate of drug-likeness (QED) is 0.615. The number of piperidine rings is 1. The number of hydrogen-bond acceptors (Lipinski definition) is 5. The Balaban J connectivity index is 1.88. The SMILES string of the molecule is CC1(N2C(=O)c3ccc4[nH]c(=O)[nH]c4c3C2=O)CCC(=O)NC1=O. The van der Waals surface area contributed by atoms with E-state index in [0.717, 1.165) is 4.90 Å². The third-order valence-corrected chi connectivity index (χ3v) is 4.62. The van der Waals surface area contributed by atoms with Crippen LogP contribution in [0, 0.1) is 0 Å². The fourth-order valence-electron chi connectivity index (χ4n) is 3.28. The Hall–Kier alpha value is -3.23. The third-order valence-electron chi connectivity index (χ3n) is 4.62. The van der Waals surface area contributed by atoms with Crippen LogP contribution in [0.15, 0.2) is 16.9 Å². The maximum absolute atomic E-state index is 12.9. The molecule has 1 fully saturated rings. The highest BCUT2D eigenvalue weighted by atomic mass is 16.2. The van der Waals surface area contributed by atoms with E-state index in [-0.39, 0.29) is 29.5 Å². The highest BCUT2D eigenvalue weighted by Gasteiger charge is 2.53. The van der Waals surface area contributed by atoms with Crippen LogP contribution in [-0.2, 0) is 9.59 Å². The lowest BCUT2D eigenvalue weighted by molar-refractivity contribution is -0.140. The van der Waals surface area contributed by atoms with Gasteiger partial charge in [0.05, 0.1) is 22.2 Å². The van der Waals surface area contributed by atoms with Crippen molar-refractivity contribution in [3.8, 4) is 0 Å². The summed E-state index contributed by atoms with van der Waals surface area (Å²) < 4.78 is 0. The van der Waals surface area contributed by atoms with E-state index >= 15 is 0 Å². The van der Waals surface area contributed by atoms with Gasteiger partial charge in [0, 0.05) is 6.42 Å². The normalized spacial score (nSPS) is 23.8. The minimum atomic E-state index is -1.45. The molecule has 3 heterocycles. The van der Waals surface area contributed by atoms with Crippen LogP contribution >= 0.6 is 0 Å². The number of amides is 4. The summed E-state index contributed by atoms with van der Waals surface area (Å²) in [6.45, 7) is 1.45. The molecular weight excluding hydrogens is 316 g/mol. The number of nitrogens with zero attached hydrogens (tertiary/aromatic N) is 1. The molecule has 9 nitrogen and oxygen atoms in total. The molecule has 24 heavy (non-hydrogen) atoms. The Morgan fingerprint density at radius 1 is 1.04 bits per heavy atom. The van der Waals surface area contributed by atoms with Crippen molar-refractivity contribution >= 4 is 34.7 Å². The number of H-pyrrole nitrogens is 2. The molecule has 0 radical (unpaired) electrons. The van der Waals surface area contributed by atoms with Gasteiger partial charge < -0.3 is 9.97 Å². The van der Waals surface area contributed by atoms with Crippen LogP contribution in [0.2, 0.25) is 0 Å². The van der Waals surface area contributed by atoms with Crippen LogP contribution in [0.5, 0.6) is 0 Å². The zero-order valence-electron chi connectivity index (χ0n) is 12.6. The summed E-state index contributed by atoms with van der Waals surface area (Å²) in [4.78, 5) is 66.6. The van der Waals surface area contributed by atoms with E-state index in [1.807, 2.05) is 0 Å². The number of aromatic amines is 2. The van der Waals surface area contributed by atoms with Crippen molar-refractivity contribution in [2.24, 2.45) is 0 Å². The van der Waals surface area contributed by atoms with Crippen molar-refractivity contribution in [3.05, 3.63) is 33.7 Å². The van der Waals surface area contributed by atoms with Crippen LogP contribution in [0.25, 0.3) is 11.0 Å². The van der Waals surface area contributed by atoms with E-state index in [1.54, 1.807) is 0 Å². The Bertz CT molecular complexity index is 1020. The van der Waals surface area contributed by atoms with Crippen molar-refractivity contribution in [2.45, 2.75) is 25.3 Å². The van der Waals surface area contributed by atoms with Gasteiger partial charge in [0.25, 0.3) is 17.7 Å². The molecular formula is C15H12N4O5. The standard InChI is InChI=1S/C15H12N4O5/c1-15(5-4-8(20)17-13(15)23)19-11(21)6-2-3-7-10(9(6)12(19)22)18-14(24)16-7/h2-3H,4-5H2,1H3,(H2,16,18,24)(H,17,20,23). The summed E-state index contributed by atoms with van der Waals surface area (Å²) >= 11 is 0. The monoisotopic (exact) mass is 328 g/mol. The first-order chi connectivity index (χ1) is 11.3. The molecule has 1 saturated heterocycles. The lowest BCUT2D eigenvalue weighted by Gasteiger charge is -2.38. The van der Waals surface area contributed by atoms with Gasteiger partial charge in [-0.2, -0.15) is 0 Å². The molecule has 2 aliphatic heterocycles. The largest absolute Gasteiger partial charge is 0.323 e. The van der Waals surface area contributed by atoms with Crippen LogP contribution in [0.4, 0.5) is 0 Å². The van der Waals surface area contributed by atoms with E-state index in [0.29, 0.717) is 5.52 Å². The van der Waals surface area contributed by atoms with Crippen LogP contribution < -0.4 is 11.0 Å². The van der Waals surface area contributed by atoms with Gasteiger partial charge in [-0.25, -0.2) is 4.79 Å². The van der Waals surface area contributed by atoms with Crippen LogP contribution in [0.3, 0.4) is 0 Å². The van der Waals surface area contributed by atoms with Gasteiger partial charge in [0.2, 0.25) is 5.91 Å². The number of carbonyl (C=O) groups excluding carboxylic acids is 4. The summed E-state index contributed by atoms with van der Waals surface area (Å²) in [5.74, 6) is -2.41. The minimum Gasteiger partial charge on any atom is -0.306 e. The van der Waals surface area contributed by atoms with Gasteiger partial charge in [-0.3, -0.25) is 29.4 Å². The third kappa shape index (κ3) is 1.66. The molecule has 9 heteroatoms. The molecule has 1 aromatic heterocycles. The number of aromatic nitrogens is 2. The molecule has 0 spiro atoms. The molecule has 122 valence electrons. The minimum absolute atomic E-state index is 0.0338. The second kappa shape index (κ2) is 4.40. The van der Waals surface area contributed by atoms with E-state index < -0.39 is 34.9 Å². The van der Waals surface area contributed by atoms with Crippen molar-refractivity contribution in [3.63, 3.8) is 0 Å². The molecule has 1 unspecified atom stereocenters. The highest BCUT2D eigenvalue weighted by molar-refractivity contribution is 6.27. The number of imide groups is 2. The Labute approximate surface area is 134 Å². The molecule has 4 rings (SSSR count). The zero-order valence-corrected chi connectivity index (χ0v) is 12.6. The Morgan fingerprint density at radius 2 is 1.79 bits per heavy atom. The highest BCUT2D eigenvalue weighted by Crippen LogP contribution is 2.36. The zero-order chi connectivity index (χ0) is 17.2. The molecule has 3 N–H and O–H groups in total. The average molecular weight is 328 g/mol. The summed E-state index contributed by atoms with van der Waals surface area (Å²) in [5, 5.41) is 2.17. The van der Waals surface area contributed by atoms with Crippen molar-refractivity contribution in [2.75, 3.05) is 0 Å². The first-order valence-electron chi connectivity index (χ1n) is 7.31. The van der Waals surface area contributed by atoms with Crippen LogP contribution in [-0.4, -0.2) is 44.0 Å². The number of benzene rings is 1. The predicted molar refractivity (Wildman–Crippen MR) is 80.2 cm³/mol. The molecule has 1 aromatic carbocycles. The van der Waals surface area contributed by atoms with Gasteiger partial charge in [0.15, 0.2) is 0 Å². The van der Waals surface area contributed by atoms with Crippen molar-refractivity contribution < 1.29 is 19.2 Å². The number of fused-ring (bicyclic) bond motifs is 3. The fourth-order valence-corrected chi connectivity index (χ4v) is 3.28. The van der Waals surface area contributed by atoms with Gasteiger partial charge in [-0.15, -0.1) is 0 Å². The molecule has 0 bridgehead atoms. The van der Waals surface area contributed by atoms with Crippen molar-refractivity contribution in [1.82, 2.24) is 20.2 Å². The molecule has 1 atom stereocenters. The molecule has 0 saturated carbocycles. The predicted octanol–water partition coefficient (Wildman–Crippen LogP) is -0.353. The summed E-state index contributed by atoms with van der Waals surface area (Å²) in [7, 11) is 0. The smallest absolute Gasteiger partial charge is 0.306 e. The average Bonchev–Trinajstić information content (AvgIpc) is 3.01. The van der Waals surface area contributed by atoms with Crippen molar-refractivity contribution in [1.29, 1.82) is 0 Å². The molecule has 2 aromatic rings. The van der Waals surface area contributed by atoms with E-state index in [4.69, 9.17) is 0 Å². The molecule has 2 aliphatic rings. The number of nitrogens with one attached hydrogen (secondary N) is 3. The summed E-state index contributed by atoms with van der Waals surface area (Å²) in [6, 6.07) is 2.96. The Kier molecular flexibility index (Phi) is 2.64. The van der Waals surface area contributed by atoms with Gasteiger partial charge >= 0.3 is 5.69 Å². The van der Waals surface area contributed by atoms with Gasteiger partial charge in [-0.05, 0) is 25.5 Å². The molecule has 4 amide bonds. The number of rotatable bonds is 1. The summed E-state index contributed by atoms with van der Waals surface area (Å²) in [6.07, 6.45) is 0.0853. The summed E-state index contributed by atoms with van der Waals surface area (Å²) in [5.41, 5.74) is -1.14. The van der Waals surface area contributed by atoms with Gasteiger partial charge in [0.1, 0.15) is 5.54 Å². The maximum atomic E-state index is 12.9. The van der Waals surface area contributed by atoms with Crippen LogP contribution in [0.1, 0.15) is 40.5 Å². The second-order valence-electron chi connectivity index (χ2n) is 6.09.